The van der Waals surface area contributed by atoms with Gasteiger partial charge in [-0.25, -0.2) is 0 Å². The first-order valence-corrected chi connectivity index (χ1v) is 8.96. The van der Waals surface area contributed by atoms with Gasteiger partial charge in [-0.2, -0.15) is 10.1 Å². The van der Waals surface area contributed by atoms with Gasteiger partial charge in [0.2, 0.25) is 5.89 Å². The Labute approximate surface area is 156 Å². The van der Waals surface area contributed by atoms with Gasteiger partial charge in [0.1, 0.15) is 11.7 Å². The molecule has 1 fully saturated rings. The van der Waals surface area contributed by atoms with Crippen molar-refractivity contribution in [3.05, 3.63) is 53.8 Å². The van der Waals surface area contributed by atoms with Gasteiger partial charge >= 0.3 is 0 Å². The minimum atomic E-state index is -0.383. The fraction of sp³-hybridized carbons (Fsp3) is 0.368. The number of nitrogens with zero attached hydrogens (tertiary/aromatic N) is 4. The van der Waals surface area contributed by atoms with Crippen LogP contribution < -0.4 is 0 Å². The summed E-state index contributed by atoms with van der Waals surface area (Å²) in [6.07, 6.45) is 0. The Kier molecular flexibility index (Phi) is 4.72. The molecule has 0 bridgehead atoms. The Morgan fingerprint density at radius 1 is 1.30 bits per heavy atom. The number of H-pyrrole nitrogens is 1. The van der Waals surface area contributed by atoms with Gasteiger partial charge in [0.25, 0.3) is 5.91 Å². The van der Waals surface area contributed by atoms with E-state index in [2.05, 4.69) is 20.3 Å². The zero-order valence-corrected chi connectivity index (χ0v) is 15.3. The van der Waals surface area contributed by atoms with E-state index in [9.17, 15) is 4.79 Å². The topological polar surface area (TPSA) is 97.1 Å². The zero-order valence-electron chi connectivity index (χ0n) is 15.3. The molecule has 1 aliphatic heterocycles. The quantitative estimate of drug-likeness (QED) is 0.761. The van der Waals surface area contributed by atoms with Crippen LogP contribution in [0.1, 0.15) is 48.0 Å². The van der Waals surface area contributed by atoms with Crippen LogP contribution in [0.2, 0.25) is 0 Å². The second-order valence-electron chi connectivity index (χ2n) is 6.77. The predicted octanol–water partition coefficient (Wildman–Crippen LogP) is 2.80. The van der Waals surface area contributed by atoms with Gasteiger partial charge in [-0.1, -0.05) is 49.3 Å². The van der Waals surface area contributed by atoms with Crippen LogP contribution in [0.15, 0.2) is 40.9 Å². The van der Waals surface area contributed by atoms with E-state index in [-0.39, 0.29) is 17.9 Å². The van der Waals surface area contributed by atoms with E-state index in [1.54, 1.807) is 11.0 Å². The summed E-state index contributed by atoms with van der Waals surface area (Å²) in [7, 11) is 0. The summed E-state index contributed by atoms with van der Waals surface area (Å²) in [5.41, 5.74) is 2.10. The molecule has 0 radical (unpaired) electrons. The molecule has 3 heterocycles. The molecule has 140 valence electrons. The number of carbonyl (C=O) groups is 1. The van der Waals surface area contributed by atoms with Gasteiger partial charge in [0.05, 0.1) is 18.9 Å². The number of nitrogens with one attached hydrogen (secondary N) is 1. The van der Waals surface area contributed by atoms with E-state index in [0.717, 1.165) is 11.3 Å². The van der Waals surface area contributed by atoms with Crippen LogP contribution in [0.3, 0.4) is 0 Å². The summed E-state index contributed by atoms with van der Waals surface area (Å²) in [5.74, 6) is 0.986. The molecule has 1 saturated heterocycles. The van der Waals surface area contributed by atoms with Crippen molar-refractivity contribution in [2.24, 2.45) is 0 Å². The first-order chi connectivity index (χ1) is 13.1. The highest BCUT2D eigenvalue weighted by Crippen LogP contribution is 2.26. The number of benzene rings is 1. The van der Waals surface area contributed by atoms with Crippen molar-refractivity contribution < 1.29 is 14.1 Å². The average molecular weight is 367 g/mol. The molecule has 0 saturated carbocycles. The highest BCUT2D eigenvalue weighted by atomic mass is 16.5. The van der Waals surface area contributed by atoms with E-state index in [1.165, 1.54) is 0 Å². The lowest BCUT2D eigenvalue weighted by atomic mass is 10.1. The Bertz CT molecular complexity index is 918. The molecule has 1 aliphatic rings. The summed E-state index contributed by atoms with van der Waals surface area (Å²) in [6, 6.07) is 11.1. The van der Waals surface area contributed by atoms with Crippen LogP contribution in [-0.2, 0) is 4.74 Å². The number of carbonyl (C=O) groups excluding carboxylic acids is 1. The minimum Gasteiger partial charge on any atom is -0.377 e. The summed E-state index contributed by atoms with van der Waals surface area (Å²) in [4.78, 5) is 19.2. The molecular weight excluding hydrogens is 346 g/mol. The molecule has 1 atom stereocenters. The lowest BCUT2D eigenvalue weighted by molar-refractivity contribution is -0.00607. The van der Waals surface area contributed by atoms with Crippen molar-refractivity contribution in [1.82, 2.24) is 25.2 Å². The Morgan fingerprint density at radius 2 is 2.11 bits per heavy atom. The number of hydrogen-bond acceptors (Lipinski definition) is 6. The molecule has 8 nitrogen and oxygen atoms in total. The van der Waals surface area contributed by atoms with Gasteiger partial charge in [-0.3, -0.25) is 9.89 Å². The standard InChI is InChI=1S/C19H21N5O3/c1-12(2)18-20-17(23-27-18)16-11-26-9-8-24(16)19(25)15-10-14(21-22-15)13-6-4-3-5-7-13/h3-7,10,12,16H,8-9,11H2,1-2H3,(H,21,22). The van der Waals surface area contributed by atoms with Gasteiger partial charge < -0.3 is 14.2 Å². The van der Waals surface area contributed by atoms with Gasteiger partial charge in [0, 0.05) is 18.0 Å². The average Bonchev–Trinajstić information content (AvgIpc) is 3.38. The van der Waals surface area contributed by atoms with E-state index >= 15 is 0 Å². The van der Waals surface area contributed by atoms with Crippen LogP contribution in [0.5, 0.6) is 0 Å². The molecular formula is C19H21N5O3. The van der Waals surface area contributed by atoms with E-state index in [4.69, 9.17) is 9.26 Å². The van der Waals surface area contributed by atoms with Crippen molar-refractivity contribution in [3.8, 4) is 11.3 Å². The SMILES string of the molecule is CC(C)c1nc(C2COCCN2C(=O)c2cc(-c3ccccc3)n[nH]2)no1. The predicted molar refractivity (Wildman–Crippen MR) is 97.0 cm³/mol. The summed E-state index contributed by atoms with van der Waals surface area (Å²) in [5, 5.41) is 11.2. The molecule has 1 aromatic carbocycles. The van der Waals surface area contributed by atoms with Crippen molar-refractivity contribution in [3.63, 3.8) is 0 Å². The second kappa shape index (κ2) is 7.32. The largest absolute Gasteiger partial charge is 0.377 e. The summed E-state index contributed by atoms with van der Waals surface area (Å²) >= 11 is 0. The number of morpholine rings is 1. The van der Waals surface area contributed by atoms with Crippen molar-refractivity contribution in [1.29, 1.82) is 0 Å². The number of aromatic nitrogens is 4. The van der Waals surface area contributed by atoms with Crippen molar-refractivity contribution >= 4 is 5.91 Å². The maximum atomic E-state index is 13.1. The number of amides is 1. The first-order valence-electron chi connectivity index (χ1n) is 8.96. The molecule has 8 heteroatoms. The number of ether oxygens (including phenoxy) is 1. The van der Waals surface area contributed by atoms with Crippen LogP contribution in [0, 0.1) is 0 Å². The molecule has 27 heavy (non-hydrogen) atoms. The first kappa shape index (κ1) is 17.4. The molecule has 1 amide bonds. The third-order valence-corrected chi connectivity index (χ3v) is 4.52. The van der Waals surface area contributed by atoms with Crippen LogP contribution in [-0.4, -0.2) is 50.9 Å². The number of aromatic amines is 1. The monoisotopic (exact) mass is 367 g/mol. The van der Waals surface area contributed by atoms with Crippen LogP contribution >= 0.6 is 0 Å². The van der Waals surface area contributed by atoms with Gasteiger partial charge in [-0.15, -0.1) is 0 Å². The fourth-order valence-corrected chi connectivity index (χ4v) is 3.02. The molecule has 1 unspecified atom stereocenters. The highest BCUT2D eigenvalue weighted by molar-refractivity contribution is 5.93. The molecule has 0 aliphatic carbocycles. The van der Waals surface area contributed by atoms with Gasteiger partial charge in [0.15, 0.2) is 5.82 Å². The molecule has 2 aromatic heterocycles. The van der Waals surface area contributed by atoms with Crippen LogP contribution in [0.4, 0.5) is 0 Å². The van der Waals surface area contributed by atoms with Crippen molar-refractivity contribution in [2.75, 3.05) is 19.8 Å². The van der Waals surface area contributed by atoms with E-state index < -0.39 is 0 Å². The third-order valence-electron chi connectivity index (χ3n) is 4.52. The molecule has 3 aromatic rings. The minimum absolute atomic E-state index is 0.126. The number of hydrogen-bond donors (Lipinski definition) is 1. The maximum absolute atomic E-state index is 13.1. The van der Waals surface area contributed by atoms with Crippen LogP contribution in [0.25, 0.3) is 11.3 Å². The fourth-order valence-electron chi connectivity index (χ4n) is 3.02. The smallest absolute Gasteiger partial charge is 0.272 e. The summed E-state index contributed by atoms with van der Waals surface area (Å²) < 4.78 is 10.9. The molecule has 0 spiro atoms. The van der Waals surface area contributed by atoms with E-state index in [1.807, 2.05) is 44.2 Å². The third kappa shape index (κ3) is 3.48. The lowest BCUT2D eigenvalue weighted by Gasteiger charge is -2.33. The lowest BCUT2D eigenvalue weighted by Crippen LogP contribution is -2.44. The molecule has 4 rings (SSSR count). The van der Waals surface area contributed by atoms with Gasteiger partial charge in [-0.05, 0) is 6.07 Å². The summed E-state index contributed by atoms with van der Waals surface area (Å²) in [6.45, 7) is 5.22. The Morgan fingerprint density at radius 3 is 2.85 bits per heavy atom. The van der Waals surface area contributed by atoms with Crippen molar-refractivity contribution in [2.45, 2.75) is 25.8 Å². The maximum Gasteiger partial charge on any atom is 0.272 e. The second-order valence-corrected chi connectivity index (χ2v) is 6.77. The molecule has 1 N–H and O–H groups in total. The van der Waals surface area contributed by atoms with E-state index in [0.29, 0.717) is 37.2 Å². The normalized spacial score (nSPS) is 17.4. The Hall–Kier alpha value is -3.00. The number of rotatable bonds is 4. The highest BCUT2D eigenvalue weighted by Gasteiger charge is 2.33. The zero-order chi connectivity index (χ0) is 18.8. The Balaban J connectivity index is 1.58.